The highest BCUT2D eigenvalue weighted by Crippen LogP contribution is 2.33. The highest BCUT2D eigenvalue weighted by Gasteiger charge is 2.19. The summed E-state index contributed by atoms with van der Waals surface area (Å²) in [4.78, 5) is 0. The van der Waals surface area contributed by atoms with E-state index in [4.69, 9.17) is 4.42 Å². The van der Waals surface area contributed by atoms with Crippen LogP contribution in [0.5, 0.6) is 0 Å². The Labute approximate surface area is 248 Å². The average Bonchev–Trinajstić information content (AvgIpc) is 3.75. The summed E-state index contributed by atoms with van der Waals surface area (Å²) in [6, 6.07) is 44.0. The molecule has 1 aliphatic rings. The second-order valence-corrected chi connectivity index (χ2v) is 10.8. The number of aromatic nitrogens is 2. The van der Waals surface area contributed by atoms with Gasteiger partial charge in [0.2, 0.25) is 11.8 Å². The van der Waals surface area contributed by atoms with Gasteiger partial charge in [0, 0.05) is 23.1 Å². The summed E-state index contributed by atoms with van der Waals surface area (Å²) in [6.45, 7) is 2.08. The van der Waals surface area contributed by atoms with E-state index in [2.05, 4.69) is 130 Å². The molecular weight excluding hydrogens is 528 g/mol. The van der Waals surface area contributed by atoms with Crippen molar-refractivity contribution >= 4 is 33.0 Å². The lowest BCUT2D eigenvalue weighted by atomic mass is 9.95. The van der Waals surface area contributed by atoms with Crippen molar-refractivity contribution in [3.05, 3.63) is 144 Å². The van der Waals surface area contributed by atoms with E-state index in [1.54, 1.807) is 0 Å². The fraction of sp³-hybridized carbons (Fsp3) is 0.0526. The lowest BCUT2D eigenvalue weighted by Gasteiger charge is -2.08. The molecule has 0 bridgehead atoms. The number of benzene rings is 6. The first-order valence-corrected chi connectivity index (χ1v) is 14.4. The summed E-state index contributed by atoms with van der Waals surface area (Å²) in [5.74, 6) is 1.04. The molecule has 0 aliphatic carbocycles. The molecule has 1 aromatic heterocycles. The minimum atomic E-state index is 0.517. The molecule has 5 heteroatoms. The Morgan fingerprint density at radius 2 is 1.05 bits per heavy atom. The van der Waals surface area contributed by atoms with Gasteiger partial charge in [-0.15, -0.1) is 10.2 Å². The van der Waals surface area contributed by atoms with Gasteiger partial charge < -0.3 is 4.42 Å². The van der Waals surface area contributed by atoms with E-state index in [-0.39, 0.29) is 0 Å². The number of fused-ring (bicyclic) bond motifs is 2. The van der Waals surface area contributed by atoms with Crippen molar-refractivity contribution in [2.45, 2.75) is 13.3 Å². The zero-order valence-electron chi connectivity index (χ0n) is 23.5. The molecule has 0 saturated heterocycles. The highest BCUT2D eigenvalue weighted by molar-refractivity contribution is 6.23. The van der Waals surface area contributed by atoms with Crippen molar-refractivity contribution in [1.29, 1.82) is 0 Å². The molecular formula is C38H26N4O. The van der Waals surface area contributed by atoms with Gasteiger partial charge in [0.05, 0.1) is 11.4 Å². The van der Waals surface area contributed by atoms with Crippen molar-refractivity contribution in [3.63, 3.8) is 0 Å². The van der Waals surface area contributed by atoms with Crippen LogP contribution < -0.4 is 0 Å². The number of nitrogens with zero attached hydrogens (tertiary/aromatic N) is 4. The Balaban J connectivity index is 1.01. The van der Waals surface area contributed by atoms with E-state index >= 15 is 0 Å². The normalized spacial score (nSPS) is 13.0. The monoisotopic (exact) mass is 554 g/mol. The Kier molecular flexibility index (Phi) is 6.00. The third kappa shape index (κ3) is 4.52. The molecule has 0 saturated carbocycles. The first kappa shape index (κ1) is 25.1. The summed E-state index contributed by atoms with van der Waals surface area (Å²) in [6.07, 6.45) is 0.714. The largest absolute Gasteiger partial charge is 0.416 e. The van der Waals surface area contributed by atoms with Crippen LogP contribution in [0.25, 0.3) is 55.6 Å². The fourth-order valence-electron chi connectivity index (χ4n) is 5.93. The van der Waals surface area contributed by atoms with Crippen LogP contribution in [0, 0.1) is 6.92 Å². The van der Waals surface area contributed by atoms with Gasteiger partial charge >= 0.3 is 0 Å². The van der Waals surface area contributed by atoms with Crippen molar-refractivity contribution in [2.75, 3.05) is 0 Å². The Hall–Kier alpha value is -5.68. The topological polar surface area (TPSA) is 63.6 Å². The van der Waals surface area contributed by atoms with Crippen LogP contribution >= 0.6 is 0 Å². The second-order valence-electron chi connectivity index (χ2n) is 10.8. The van der Waals surface area contributed by atoms with Crippen molar-refractivity contribution < 1.29 is 4.42 Å². The zero-order chi connectivity index (χ0) is 28.8. The lowest BCUT2D eigenvalue weighted by molar-refractivity contribution is 0.585. The maximum Gasteiger partial charge on any atom is 0.248 e. The summed E-state index contributed by atoms with van der Waals surface area (Å²) in [5.41, 5.74) is 9.42. The van der Waals surface area contributed by atoms with Gasteiger partial charge in [0.25, 0.3) is 0 Å². The first-order chi connectivity index (χ1) is 21.2. The summed E-state index contributed by atoms with van der Waals surface area (Å²) >= 11 is 0. The predicted octanol–water partition coefficient (Wildman–Crippen LogP) is 9.28. The summed E-state index contributed by atoms with van der Waals surface area (Å²) < 4.78 is 6.18. The fourth-order valence-corrected chi connectivity index (χ4v) is 5.93. The van der Waals surface area contributed by atoms with Gasteiger partial charge in [-0.3, -0.25) is 0 Å². The Morgan fingerprint density at radius 3 is 1.77 bits per heavy atom. The smallest absolute Gasteiger partial charge is 0.248 e. The molecule has 7 aromatic rings. The van der Waals surface area contributed by atoms with Crippen molar-refractivity contribution in [1.82, 2.24) is 10.2 Å². The number of hydrogen-bond acceptors (Lipinski definition) is 5. The molecule has 0 atom stereocenters. The van der Waals surface area contributed by atoms with Crippen LogP contribution in [0.15, 0.2) is 142 Å². The molecule has 0 unspecified atom stereocenters. The van der Waals surface area contributed by atoms with Crippen LogP contribution in [-0.2, 0) is 0 Å². The first-order valence-electron chi connectivity index (χ1n) is 14.4. The maximum absolute atomic E-state index is 6.18. The summed E-state index contributed by atoms with van der Waals surface area (Å²) in [7, 11) is 0. The minimum Gasteiger partial charge on any atom is -0.416 e. The third-order valence-corrected chi connectivity index (χ3v) is 8.18. The van der Waals surface area contributed by atoms with E-state index in [0.717, 1.165) is 61.1 Å². The van der Waals surface area contributed by atoms with Crippen LogP contribution in [0.4, 0.5) is 0 Å². The zero-order valence-corrected chi connectivity index (χ0v) is 23.5. The number of rotatable bonds is 5. The predicted molar refractivity (Wildman–Crippen MR) is 174 cm³/mol. The van der Waals surface area contributed by atoms with Crippen LogP contribution in [-0.4, -0.2) is 21.6 Å². The molecule has 0 spiro atoms. The molecule has 43 heavy (non-hydrogen) atoms. The van der Waals surface area contributed by atoms with Gasteiger partial charge in [-0.25, -0.2) is 0 Å². The van der Waals surface area contributed by atoms with E-state index in [1.807, 2.05) is 24.3 Å². The molecule has 6 aromatic carbocycles. The second kappa shape index (κ2) is 10.3. The third-order valence-electron chi connectivity index (χ3n) is 8.18. The van der Waals surface area contributed by atoms with Crippen LogP contribution in [0.2, 0.25) is 0 Å². The van der Waals surface area contributed by atoms with E-state index < -0.39 is 0 Å². The van der Waals surface area contributed by atoms with E-state index in [0.29, 0.717) is 18.2 Å². The number of aryl methyl sites for hydroxylation is 1. The molecule has 0 radical (unpaired) electrons. The van der Waals surface area contributed by atoms with Crippen molar-refractivity contribution in [3.8, 4) is 34.0 Å². The molecule has 8 rings (SSSR count). The Bertz CT molecular complexity index is 2210. The van der Waals surface area contributed by atoms with Crippen molar-refractivity contribution in [2.24, 2.45) is 10.2 Å². The maximum atomic E-state index is 6.18. The molecule has 0 fully saturated rings. The minimum absolute atomic E-state index is 0.517. The van der Waals surface area contributed by atoms with Gasteiger partial charge in [0.1, 0.15) is 0 Å². The molecule has 0 N–H and O–H groups in total. The highest BCUT2D eigenvalue weighted by atomic mass is 16.4. The average molecular weight is 555 g/mol. The molecule has 1 aliphatic heterocycles. The quantitative estimate of drug-likeness (QED) is 0.213. The number of hydrogen-bond donors (Lipinski definition) is 0. The van der Waals surface area contributed by atoms with Gasteiger partial charge in [-0.05, 0) is 62.9 Å². The van der Waals surface area contributed by atoms with E-state index in [1.165, 1.54) is 10.8 Å². The van der Waals surface area contributed by atoms with E-state index in [9.17, 15) is 0 Å². The van der Waals surface area contributed by atoms with Gasteiger partial charge in [-0.1, -0.05) is 115 Å². The SMILES string of the molecule is Cc1cc(-c2ccc(C3=NN=C(c4cccc5ccccc45)C3)cc2)ccc1-c1nnc(-c2cccc3ccccc23)o1. The van der Waals surface area contributed by atoms with Crippen LogP contribution in [0.3, 0.4) is 0 Å². The van der Waals surface area contributed by atoms with Gasteiger partial charge in [0.15, 0.2) is 0 Å². The molecule has 204 valence electrons. The molecule has 2 heterocycles. The summed E-state index contributed by atoms with van der Waals surface area (Å²) in [5, 5.41) is 22.6. The molecule has 5 nitrogen and oxygen atoms in total. The lowest BCUT2D eigenvalue weighted by Crippen LogP contribution is -2.05. The molecule has 0 amide bonds. The van der Waals surface area contributed by atoms with Crippen LogP contribution in [0.1, 0.15) is 23.1 Å². The Morgan fingerprint density at radius 1 is 0.488 bits per heavy atom. The standard InChI is InChI=1S/C38H26N4O/c1-24-22-29(20-21-30(24)37-41-42-38(43-37)34-15-7-11-27-9-3-5-13-32(27)34)25-16-18-28(19-17-25)35-23-36(40-39-35)33-14-6-10-26-8-2-4-12-31(26)33/h2-22H,23H2,1H3. The van der Waals surface area contributed by atoms with Gasteiger partial charge in [-0.2, -0.15) is 10.2 Å².